The van der Waals surface area contributed by atoms with E-state index < -0.39 is 17.8 Å². The molecule has 0 bridgehead atoms. The molecule has 0 radical (unpaired) electrons. The second-order valence-corrected chi connectivity index (χ2v) is 7.19. The molecule has 0 fully saturated rings. The Bertz CT molecular complexity index is 1210. The van der Waals surface area contributed by atoms with Gasteiger partial charge >= 0.3 is 17.8 Å². The first-order valence-electron chi connectivity index (χ1n) is 9.73. The Balaban J connectivity index is 1.60. The molecule has 0 aliphatic carbocycles. The lowest BCUT2D eigenvalue weighted by atomic mass is 10.2. The van der Waals surface area contributed by atoms with E-state index in [1.165, 1.54) is 19.4 Å². The molecule has 0 spiro atoms. The molecule has 0 unspecified atom stereocenters. The van der Waals surface area contributed by atoms with Crippen molar-refractivity contribution in [3.8, 4) is 11.5 Å². The Morgan fingerprint density at radius 2 is 1.70 bits per heavy atom. The standard InChI is InChI=1S/C24H20ClN3O5/c1-15-8-10-18(13-19(15)25)27-22(29)23(30)28-26-14-16-9-11-20(21(12-16)32-2)33-24(31)17-6-4-3-5-7-17/h3-14H,1-2H3,(H,27,29)(H,28,30)/b26-14-. The van der Waals surface area contributed by atoms with Gasteiger partial charge in [-0.3, -0.25) is 9.59 Å². The van der Waals surface area contributed by atoms with Crippen molar-refractivity contribution in [1.82, 2.24) is 5.43 Å². The van der Waals surface area contributed by atoms with Crippen LogP contribution < -0.4 is 20.2 Å². The van der Waals surface area contributed by atoms with Gasteiger partial charge in [-0.2, -0.15) is 5.10 Å². The highest BCUT2D eigenvalue weighted by molar-refractivity contribution is 6.39. The Hall–Kier alpha value is -4.17. The van der Waals surface area contributed by atoms with Gasteiger partial charge in [0.05, 0.1) is 18.9 Å². The van der Waals surface area contributed by atoms with Crippen LogP contribution in [0.25, 0.3) is 0 Å². The van der Waals surface area contributed by atoms with E-state index in [0.717, 1.165) is 5.56 Å². The smallest absolute Gasteiger partial charge is 0.343 e. The number of esters is 1. The highest BCUT2D eigenvalue weighted by Crippen LogP contribution is 2.28. The summed E-state index contributed by atoms with van der Waals surface area (Å²) in [7, 11) is 1.43. The van der Waals surface area contributed by atoms with Crippen LogP contribution >= 0.6 is 11.6 Å². The lowest BCUT2D eigenvalue weighted by Gasteiger charge is -2.10. The van der Waals surface area contributed by atoms with Crippen molar-refractivity contribution in [2.45, 2.75) is 6.92 Å². The van der Waals surface area contributed by atoms with Crippen LogP contribution in [0.5, 0.6) is 11.5 Å². The molecule has 0 heterocycles. The van der Waals surface area contributed by atoms with Crippen LogP contribution in [-0.2, 0) is 9.59 Å². The summed E-state index contributed by atoms with van der Waals surface area (Å²) in [5, 5.41) is 6.68. The molecule has 0 saturated heterocycles. The molecule has 3 aromatic rings. The molecule has 0 atom stereocenters. The monoisotopic (exact) mass is 465 g/mol. The van der Waals surface area contributed by atoms with E-state index in [0.29, 0.717) is 27.6 Å². The number of nitrogens with one attached hydrogen (secondary N) is 2. The normalized spacial score (nSPS) is 10.5. The molecule has 168 valence electrons. The van der Waals surface area contributed by atoms with E-state index in [1.807, 2.05) is 6.92 Å². The number of ether oxygens (including phenoxy) is 2. The summed E-state index contributed by atoms with van der Waals surface area (Å²) in [6, 6.07) is 18.2. The molecule has 0 saturated carbocycles. The van der Waals surface area contributed by atoms with Crippen molar-refractivity contribution < 1.29 is 23.9 Å². The van der Waals surface area contributed by atoms with E-state index in [9.17, 15) is 14.4 Å². The average Bonchev–Trinajstić information content (AvgIpc) is 2.82. The van der Waals surface area contributed by atoms with Crippen LogP contribution in [0.15, 0.2) is 71.8 Å². The van der Waals surface area contributed by atoms with Gasteiger partial charge < -0.3 is 14.8 Å². The maximum absolute atomic E-state index is 12.2. The Labute approximate surface area is 195 Å². The molecule has 3 rings (SSSR count). The number of carbonyl (C=O) groups excluding carboxylic acids is 3. The number of halogens is 1. The zero-order valence-electron chi connectivity index (χ0n) is 17.8. The molecular weight excluding hydrogens is 446 g/mol. The number of hydrogen-bond donors (Lipinski definition) is 2. The van der Waals surface area contributed by atoms with Crippen molar-refractivity contribution in [3.05, 3.63) is 88.4 Å². The fourth-order valence-corrected chi connectivity index (χ4v) is 2.84. The third-order valence-corrected chi connectivity index (χ3v) is 4.82. The molecule has 2 N–H and O–H groups in total. The number of anilines is 1. The molecule has 33 heavy (non-hydrogen) atoms. The van der Waals surface area contributed by atoms with Gasteiger partial charge in [0.2, 0.25) is 0 Å². The number of methoxy groups -OCH3 is 1. The van der Waals surface area contributed by atoms with Crippen molar-refractivity contribution in [1.29, 1.82) is 0 Å². The first kappa shape index (κ1) is 23.5. The zero-order valence-corrected chi connectivity index (χ0v) is 18.6. The maximum atomic E-state index is 12.2. The quantitative estimate of drug-likeness (QED) is 0.188. The molecule has 3 aromatic carbocycles. The highest BCUT2D eigenvalue weighted by atomic mass is 35.5. The van der Waals surface area contributed by atoms with Crippen molar-refractivity contribution in [3.63, 3.8) is 0 Å². The number of nitrogens with zero attached hydrogens (tertiary/aromatic N) is 1. The molecule has 9 heteroatoms. The van der Waals surface area contributed by atoms with Crippen molar-refractivity contribution >= 4 is 41.3 Å². The van der Waals surface area contributed by atoms with Gasteiger partial charge in [0, 0.05) is 10.7 Å². The minimum absolute atomic E-state index is 0.226. The predicted octanol–water partition coefficient (Wildman–Crippen LogP) is 3.97. The molecule has 2 amide bonds. The summed E-state index contributed by atoms with van der Waals surface area (Å²) in [5.74, 6) is -1.85. The van der Waals surface area contributed by atoms with Crippen LogP contribution in [0.4, 0.5) is 5.69 Å². The van der Waals surface area contributed by atoms with Crippen molar-refractivity contribution in [2.24, 2.45) is 5.10 Å². The molecule has 0 aromatic heterocycles. The fraction of sp³-hybridized carbons (Fsp3) is 0.0833. The van der Waals surface area contributed by atoms with Gasteiger partial charge in [0.15, 0.2) is 11.5 Å². The van der Waals surface area contributed by atoms with Crippen LogP contribution in [0.3, 0.4) is 0 Å². The Morgan fingerprint density at radius 1 is 0.939 bits per heavy atom. The molecule has 8 nitrogen and oxygen atoms in total. The summed E-state index contributed by atoms with van der Waals surface area (Å²) in [6.07, 6.45) is 1.32. The second kappa shape index (κ2) is 10.9. The lowest BCUT2D eigenvalue weighted by Crippen LogP contribution is -2.32. The number of hydrogen-bond acceptors (Lipinski definition) is 6. The molecule has 0 aliphatic heterocycles. The summed E-state index contributed by atoms with van der Waals surface area (Å²) < 4.78 is 10.7. The molecule has 0 aliphatic rings. The van der Waals surface area contributed by atoms with Gasteiger partial charge in [-0.25, -0.2) is 10.2 Å². The predicted molar refractivity (Wildman–Crippen MR) is 125 cm³/mol. The van der Waals surface area contributed by atoms with Gasteiger partial charge in [0.1, 0.15) is 0 Å². The third-order valence-electron chi connectivity index (χ3n) is 4.42. The van der Waals surface area contributed by atoms with Crippen LogP contribution in [0.1, 0.15) is 21.5 Å². The number of hydrazone groups is 1. The fourth-order valence-electron chi connectivity index (χ4n) is 2.66. The minimum atomic E-state index is -0.955. The van der Waals surface area contributed by atoms with Crippen LogP contribution in [0.2, 0.25) is 5.02 Å². The maximum Gasteiger partial charge on any atom is 0.343 e. The Kier molecular flexibility index (Phi) is 7.77. The van der Waals surface area contributed by atoms with E-state index in [2.05, 4.69) is 15.8 Å². The minimum Gasteiger partial charge on any atom is -0.493 e. The van der Waals surface area contributed by atoms with E-state index in [4.69, 9.17) is 21.1 Å². The second-order valence-electron chi connectivity index (χ2n) is 6.78. The van der Waals surface area contributed by atoms with Crippen LogP contribution in [-0.4, -0.2) is 31.1 Å². The van der Waals surface area contributed by atoms with Gasteiger partial charge in [-0.05, 0) is 60.5 Å². The number of benzene rings is 3. The van der Waals surface area contributed by atoms with Crippen molar-refractivity contribution in [2.75, 3.05) is 12.4 Å². The molecular formula is C24H20ClN3O5. The lowest BCUT2D eigenvalue weighted by molar-refractivity contribution is -0.136. The van der Waals surface area contributed by atoms with Gasteiger partial charge in [-0.15, -0.1) is 0 Å². The number of amides is 2. The van der Waals surface area contributed by atoms with Crippen LogP contribution in [0, 0.1) is 6.92 Å². The summed E-state index contributed by atoms with van der Waals surface area (Å²) in [6.45, 7) is 1.82. The summed E-state index contributed by atoms with van der Waals surface area (Å²) >= 11 is 6.01. The first-order chi connectivity index (χ1) is 15.9. The number of rotatable bonds is 6. The first-order valence-corrected chi connectivity index (χ1v) is 10.1. The van der Waals surface area contributed by atoms with E-state index in [-0.39, 0.29) is 5.75 Å². The highest BCUT2D eigenvalue weighted by Gasteiger charge is 2.14. The van der Waals surface area contributed by atoms with Gasteiger partial charge in [0.25, 0.3) is 0 Å². The Morgan fingerprint density at radius 3 is 2.39 bits per heavy atom. The summed E-state index contributed by atoms with van der Waals surface area (Å²) in [5.41, 5.74) is 4.32. The summed E-state index contributed by atoms with van der Waals surface area (Å²) in [4.78, 5) is 36.2. The van der Waals surface area contributed by atoms with Gasteiger partial charge in [-0.1, -0.05) is 35.9 Å². The SMILES string of the molecule is COc1cc(/C=N\NC(=O)C(=O)Nc2ccc(C)c(Cl)c2)ccc1OC(=O)c1ccccc1. The average molecular weight is 466 g/mol. The number of aryl methyl sites for hydroxylation is 1. The zero-order chi connectivity index (χ0) is 23.8. The van der Waals surface area contributed by atoms with E-state index in [1.54, 1.807) is 60.7 Å². The third kappa shape index (κ3) is 6.41. The van der Waals surface area contributed by atoms with E-state index >= 15 is 0 Å². The number of carbonyl (C=O) groups is 3. The largest absolute Gasteiger partial charge is 0.493 e. The topological polar surface area (TPSA) is 106 Å².